The van der Waals surface area contributed by atoms with Gasteiger partial charge in [-0.05, 0) is 12.1 Å². The Morgan fingerprint density at radius 1 is 1.09 bits per heavy atom. The van der Waals surface area contributed by atoms with Gasteiger partial charge in [-0.1, -0.05) is 18.2 Å². The van der Waals surface area contributed by atoms with Crippen molar-refractivity contribution in [3.05, 3.63) is 36.5 Å². The summed E-state index contributed by atoms with van der Waals surface area (Å²) in [6.45, 7) is 1.61. The molecule has 0 unspecified atom stereocenters. The predicted molar refractivity (Wildman–Crippen MR) is 84.6 cm³/mol. The number of benzene rings is 1. The molecule has 23 heavy (non-hydrogen) atoms. The van der Waals surface area contributed by atoms with E-state index >= 15 is 0 Å². The molecule has 1 aromatic carbocycles. The molecule has 0 saturated carbocycles. The molecule has 1 aliphatic heterocycles. The van der Waals surface area contributed by atoms with Crippen molar-refractivity contribution in [2.45, 2.75) is 0 Å². The van der Waals surface area contributed by atoms with Crippen molar-refractivity contribution in [3.8, 4) is 0 Å². The van der Waals surface area contributed by atoms with Crippen LogP contribution in [-0.4, -0.2) is 59.2 Å². The molecule has 1 aromatic heterocycles. The van der Waals surface area contributed by atoms with Gasteiger partial charge in [-0.3, -0.25) is 19.4 Å². The summed E-state index contributed by atoms with van der Waals surface area (Å²) in [5.74, 6) is -1.29. The Kier molecular flexibility index (Phi) is 4.18. The molecule has 0 aliphatic carbocycles. The quantitative estimate of drug-likeness (QED) is 0.645. The topological polar surface area (TPSA) is 82.6 Å². The zero-order chi connectivity index (χ0) is 16.2. The highest BCUT2D eigenvalue weighted by atomic mass is 16.2. The molecule has 7 nitrogen and oxygen atoms in total. The monoisotopic (exact) mass is 312 g/mol. The van der Waals surface area contributed by atoms with Crippen molar-refractivity contribution < 1.29 is 14.4 Å². The third-order valence-electron chi connectivity index (χ3n) is 3.83. The summed E-state index contributed by atoms with van der Waals surface area (Å²) in [5.41, 5.74) is 1.15. The van der Waals surface area contributed by atoms with Gasteiger partial charge in [-0.2, -0.15) is 0 Å². The number of fused-ring (bicyclic) bond motifs is 1. The Hall–Kier alpha value is -2.96. The van der Waals surface area contributed by atoms with Crippen LogP contribution in [0.15, 0.2) is 36.5 Å². The maximum atomic E-state index is 12.2. The summed E-state index contributed by atoms with van der Waals surface area (Å²) in [6, 6.07) is 9.10. The molecule has 0 atom stereocenters. The van der Waals surface area contributed by atoms with Crippen LogP contribution in [0.25, 0.3) is 10.9 Å². The number of rotatable bonds is 2. The van der Waals surface area contributed by atoms with Gasteiger partial charge >= 0.3 is 11.8 Å². The van der Waals surface area contributed by atoms with Crippen LogP contribution >= 0.6 is 0 Å². The molecule has 1 aliphatic rings. The Morgan fingerprint density at radius 3 is 2.57 bits per heavy atom. The van der Waals surface area contributed by atoms with E-state index in [9.17, 15) is 14.4 Å². The van der Waals surface area contributed by atoms with Gasteiger partial charge < -0.3 is 15.1 Å². The van der Waals surface area contributed by atoms with E-state index in [1.165, 1.54) is 4.90 Å². The number of carbonyl (C=O) groups excluding carboxylic acids is 3. The summed E-state index contributed by atoms with van der Waals surface area (Å²) >= 11 is 0. The van der Waals surface area contributed by atoms with Gasteiger partial charge in [0.05, 0.1) is 11.2 Å². The van der Waals surface area contributed by atoms with Gasteiger partial charge in [0.1, 0.15) is 0 Å². The van der Waals surface area contributed by atoms with E-state index in [1.807, 2.05) is 18.2 Å². The van der Waals surface area contributed by atoms with Crippen LogP contribution in [0, 0.1) is 0 Å². The number of nitrogens with zero attached hydrogens (tertiary/aromatic N) is 3. The van der Waals surface area contributed by atoms with Crippen molar-refractivity contribution in [1.82, 2.24) is 14.8 Å². The van der Waals surface area contributed by atoms with Crippen LogP contribution in [0.1, 0.15) is 0 Å². The van der Waals surface area contributed by atoms with E-state index < -0.39 is 11.8 Å². The first kappa shape index (κ1) is 15.0. The zero-order valence-corrected chi connectivity index (χ0v) is 12.4. The molecule has 2 heterocycles. The molecule has 1 fully saturated rings. The number of hydrogen-bond acceptors (Lipinski definition) is 4. The Bertz CT molecular complexity index is 749. The summed E-state index contributed by atoms with van der Waals surface area (Å²) in [7, 11) is 0. The third kappa shape index (κ3) is 3.13. The number of aromatic nitrogens is 1. The van der Waals surface area contributed by atoms with Crippen molar-refractivity contribution in [2.75, 3.05) is 31.5 Å². The van der Waals surface area contributed by atoms with E-state index in [-0.39, 0.29) is 0 Å². The minimum absolute atomic E-state index is 0.360. The Morgan fingerprint density at radius 2 is 1.83 bits per heavy atom. The number of amides is 3. The predicted octanol–water partition coefficient (Wildman–Crippen LogP) is 0.474. The maximum Gasteiger partial charge on any atom is 0.313 e. The van der Waals surface area contributed by atoms with Gasteiger partial charge in [0.2, 0.25) is 6.41 Å². The smallest absolute Gasteiger partial charge is 0.313 e. The van der Waals surface area contributed by atoms with Crippen LogP contribution in [0.2, 0.25) is 0 Å². The van der Waals surface area contributed by atoms with Gasteiger partial charge in [-0.25, -0.2) is 0 Å². The molecule has 3 rings (SSSR count). The average molecular weight is 312 g/mol. The minimum Gasteiger partial charge on any atom is -0.342 e. The lowest BCUT2D eigenvalue weighted by Crippen LogP contribution is -2.51. The number of para-hydroxylation sites is 1. The van der Waals surface area contributed by atoms with Crippen molar-refractivity contribution in [2.24, 2.45) is 0 Å². The first-order valence-corrected chi connectivity index (χ1v) is 7.32. The molecule has 0 bridgehead atoms. The SMILES string of the molecule is O=CN1CCN(C(=O)C(=O)Nc2cccc3cccnc23)CC1. The highest BCUT2D eigenvalue weighted by molar-refractivity contribution is 6.40. The van der Waals surface area contributed by atoms with Gasteiger partial charge in [0.15, 0.2) is 0 Å². The molecule has 0 radical (unpaired) electrons. The zero-order valence-electron chi connectivity index (χ0n) is 12.4. The fraction of sp³-hybridized carbons (Fsp3) is 0.250. The van der Waals surface area contributed by atoms with Crippen LogP contribution in [-0.2, 0) is 14.4 Å². The van der Waals surface area contributed by atoms with Crippen LogP contribution in [0.3, 0.4) is 0 Å². The molecule has 7 heteroatoms. The van der Waals surface area contributed by atoms with Gasteiger partial charge in [0, 0.05) is 37.8 Å². The third-order valence-corrected chi connectivity index (χ3v) is 3.83. The lowest BCUT2D eigenvalue weighted by Gasteiger charge is -2.31. The molecule has 0 spiro atoms. The molecular formula is C16H16N4O3. The van der Waals surface area contributed by atoms with E-state index in [1.54, 1.807) is 23.2 Å². The molecule has 1 N–H and O–H groups in total. The van der Waals surface area contributed by atoms with Crippen LogP contribution < -0.4 is 5.32 Å². The van der Waals surface area contributed by atoms with Crippen molar-refractivity contribution in [3.63, 3.8) is 0 Å². The largest absolute Gasteiger partial charge is 0.342 e. The second-order valence-corrected chi connectivity index (χ2v) is 5.27. The second-order valence-electron chi connectivity index (χ2n) is 5.27. The molecular weight excluding hydrogens is 296 g/mol. The number of piperazine rings is 1. The Balaban J connectivity index is 1.71. The molecule has 2 aromatic rings. The van der Waals surface area contributed by atoms with Crippen LogP contribution in [0.5, 0.6) is 0 Å². The molecule has 3 amide bonds. The van der Waals surface area contributed by atoms with Gasteiger partial charge in [-0.15, -0.1) is 0 Å². The number of hydrogen-bond donors (Lipinski definition) is 1. The first-order chi connectivity index (χ1) is 11.2. The number of carbonyl (C=O) groups is 3. The highest BCUT2D eigenvalue weighted by Gasteiger charge is 2.25. The fourth-order valence-electron chi connectivity index (χ4n) is 2.55. The lowest BCUT2D eigenvalue weighted by atomic mass is 10.2. The second kappa shape index (κ2) is 6.43. The standard InChI is InChI=1S/C16H16N4O3/c21-11-19-7-9-20(10-8-19)16(23)15(22)18-13-5-1-3-12-4-2-6-17-14(12)13/h1-6,11H,7-10H2,(H,18,22). The summed E-state index contributed by atoms with van der Waals surface area (Å²) in [6.07, 6.45) is 2.39. The van der Waals surface area contributed by atoms with Crippen molar-refractivity contribution >= 4 is 34.8 Å². The number of pyridine rings is 1. The van der Waals surface area contributed by atoms with E-state index in [0.29, 0.717) is 37.4 Å². The van der Waals surface area contributed by atoms with E-state index in [4.69, 9.17) is 0 Å². The fourth-order valence-corrected chi connectivity index (χ4v) is 2.55. The normalized spacial score (nSPS) is 14.6. The first-order valence-electron chi connectivity index (χ1n) is 7.32. The van der Waals surface area contributed by atoms with Crippen molar-refractivity contribution in [1.29, 1.82) is 0 Å². The number of nitrogens with one attached hydrogen (secondary N) is 1. The number of anilines is 1. The molecule has 1 saturated heterocycles. The summed E-state index contributed by atoms with van der Waals surface area (Å²) in [5, 5.41) is 3.52. The Labute approximate surface area is 132 Å². The highest BCUT2D eigenvalue weighted by Crippen LogP contribution is 2.20. The summed E-state index contributed by atoms with van der Waals surface area (Å²) in [4.78, 5) is 42.4. The van der Waals surface area contributed by atoms with Gasteiger partial charge in [0.25, 0.3) is 0 Å². The maximum absolute atomic E-state index is 12.2. The van der Waals surface area contributed by atoms with E-state index in [0.717, 1.165) is 11.8 Å². The minimum atomic E-state index is -0.692. The van der Waals surface area contributed by atoms with Crippen LogP contribution in [0.4, 0.5) is 5.69 Å². The average Bonchev–Trinajstić information content (AvgIpc) is 2.61. The lowest BCUT2D eigenvalue weighted by molar-refractivity contribution is -0.144. The summed E-state index contributed by atoms with van der Waals surface area (Å²) < 4.78 is 0. The molecule has 118 valence electrons. The van der Waals surface area contributed by atoms with E-state index in [2.05, 4.69) is 10.3 Å².